The lowest BCUT2D eigenvalue weighted by atomic mass is 9.98. The number of nitrogens with zero attached hydrogens (tertiary/aromatic N) is 3. The van der Waals surface area contributed by atoms with Crippen molar-refractivity contribution in [1.29, 1.82) is 0 Å². The number of carbonyl (C=O) groups is 1. The number of anilines is 1. The fourth-order valence-corrected chi connectivity index (χ4v) is 3.05. The van der Waals surface area contributed by atoms with Crippen molar-refractivity contribution in [2.24, 2.45) is 0 Å². The molecule has 0 aliphatic heterocycles. The molecule has 0 saturated carbocycles. The lowest BCUT2D eigenvalue weighted by Gasteiger charge is -2.16. The van der Waals surface area contributed by atoms with Crippen molar-refractivity contribution < 1.29 is 9.72 Å². The van der Waals surface area contributed by atoms with Gasteiger partial charge in [-0.1, -0.05) is 32.0 Å². The average Bonchev–Trinajstić information content (AvgIpc) is 2.65. The molecule has 2 aromatic carbocycles. The van der Waals surface area contributed by atoms with Crippen LogP contribution >= 0.6 is 0 Å². The molecule has 144 valence electrons. The highest BCUT2D eigenvalue weighted by molar-refractivity contribution is 5.92. The number of nitro benzene ring substituents is 1. The Labute approximate surface area is 161 Å². The SMILES string of the molecule is Cc1cccc(C(C)C)c1NC(=O)Cn1cnc2ccc([N+](=O)[O-])cc2c1=O. The van der Waals surface area contributed by atoms with Gasteiger partial charge in [-0.25, -0.2) is 4.98 Å². The van der Waals surface area contributed by atoms with E-state index < -0.39 is 10.5 Å². The van der Waals surface area contributed by atoms with Crippen LogP contribution in [-0.2, 0) is 11.3 Å². The van der Waals surface area contributed by atoms with Crippen molar-refractivity contribution in [3.8, 4) is 0 Å². The number of hydrogen-bond acceptors (Lipinski definition) is 5. The van der Waals surface area contributed by atoms with Crippen LogP contribution in [-0.4, -0.2) is 20.4 Å². The van der Waals surface area contributed by atoms with Crippen LogP contribution in [0.15, 0.2) is 47.5 Å². The number of fused-ring (bicyclic) bond motifs is 1. The fourth-order valence-electron chi connectivity index (χ4n) is 3.05. The van der Waals surface area contributed by atoms with Crippen LogP contribution in [0.25, 0.3) is 10.9 Å². The van der Waals surface area contributed by atoms with E-state index in [1.54, 1.807) is 0 Å². The second-order valence-corrected chi connectivity index (χ2v) is 6.88. The first-order chi connectivity index (χ1) is 13.3. The topological polar surface area (TPSA) is 107 Å². The molecule has 0 atom stereocenters. The van der Waals surface area contributed by atoms with Crippen molar-refractivity contribution in [1.82, 2.24) is 9.55 Å². The summed E-state index contributed by atoms with van der Waals surface area (Å²) in [6.07, 6.45) is 1.28. The molecule has 28 heavy (non-hydrogen) atoms. The van der Waals surface area contributed by atoms with Gasteiger partial charge in [-0.15, -0.1) is 0 Å². The normalized spacial score (nSPS) is 11.0. The summed E-state index contributed by atoms with van der Waals surface area (Å²) in [5.74, 6) is -0.148. The third-order valence-electron chi connectivity index (χ3n) is 4.52. The molecular formula is C20H20N4O4. The summed E-state index contributed by atoms with van der Waals surface area (Å²) in [5, 5.41) is 13.9. The van der Waals surface area contributed by atoms with Gasteiger partial charge >= 0.3 is 0 Å². The van der Waals surface area contributed by atoms with E-state index in [2.05, 4.69) is 10.3 Å². The largest absolute Gasteiger partial charge is 0.324 e. The van der Waals surface area contributed by atoms with Gasteiger partial charge in [-0.05, 0) is 30.0 Å². The number of aromatic nitrogens is 2. The molecule has 3 rings (SSSR count). The summed E-state index contributed by atoms with van der Waals surface area (Å²) >= 11 is 0. The molecule has 0 radical (unpaired) electrons. The molecule has 1 heterocycles. The van der Waals surface area contributed by atoms with E-state index in [9.17, 15) is 19.7 Å². The molecule has 8 nitrogen and oxygen atoms in total. The highest BCUT2D eigenvalue weighted by atomic mass is 16.6. The van der Waals surface area contributed by atoms with Crippen LogP contribution in [0.2, 0.25) is 0 Å². The maximum atomic E-state index is 12.7. The van der Waals surface area contributed by atoms with Gasteiger partial charge in [0.1, 0.15) is 6.54 Å². The molecule has 0 saturated heterocycles. The number of non-ortho nitro benzene ring substituents is 1. The number of para-hydroxylation sites is 1. The monoisotopic (exact) mass is 380 g/mol. The minimum Gasteiger partial charge on any atom is -0.324 e. The minimum atomic E-state index is -0.575. The van der Waals surface area contributed by atoms with Gasteiger partial charge in [0.15, 0.2) is 0 Å². The predicted octanol–water partition coefficient (Wildman–Crippen LogP) is 3.38. The van der Waals surface area contributed by atoms with Gasteiger partial charge in [-0.2, -0.15) is 0 Å². The Morgan fingerprint density at radius 3 is 2.71 bits per heavy atom. The second kappa shape index (κ2) is 7.59. The van der Waals surface area contributed by atoms with E-state index in [0.717, 1.165) is 21.4 Å². The van der Waals surface area contributed by atoms with E-state index in [-0.39, 0.29) is 29.4 Å². The minimum absolute atomic E-state index is 0.100. The van der Waals surface area contributed by atoms with Gasteiger partial charge in [-0.3, -0.25) is 24.3 Å². The molecule has 1 aromatic heterocycles. The van der Waals surface area contributed by atoms with Gasteiger partial charge in [0.05, 0.1) is 22.2 Å². The number of hydrogen-bond donors (Lipinski definition) is 1. The van der Waals surface area contributed by atoms with Crippen LogP contribution < -0.4 is 10.9 Å². The second-order valence-electron chi connectivity index (χ2n) is 6.88. The van der Waals surface area contributed by atoms with Crippen molar-refractivity contribution in [2.45, 2.75) is 33.2 Å². The highest BCUT2D eigenvalue weighted by Crippen LogP contribution is 2.27. The number of amides is 1. The fraction of sp³-hybridized carbons (Fsp3) is 0.250. The molecule has 1 amide bonds. The number of aryl methyl sites for hydroxylation is 1. The average molecular weight is 380 g/mol. The van der Waals surface area contributed by atoms with Gasteiger partial charge in [0, 0.05) is 17.8 Å². The van der Waals surface area contributed by atoms with Gasteiger partial charge < -0.3 is 5.32 Å². The van der Waals surface area contributed by atoms with Crippen molar-refractivity contribution in [3.05, 3.63) is 74.3 Å². The summed E-state index contributed by atoms with van der Waals surface area (Å²) in [6.45, 7) is 5.74. The molecule has 0 unspecified atom stereocenters. The Kier molecular flexibility index (Phi) is 5.21. The number of nitro groups is 1. The van der Waals surface area contributed by atoms with Gasteiger partial charge in [0.2, 0.25) is 5.91 Å². The molecule has 3 aromatic rings. The summed E-state index contributed by atoms with van der Waals surface area (Å²) in [5.41, 5.74) is 2.31. The Hall–Kier alpha value is -3.55. The van der Waals surface area contributed by atoms with E-state index in [1.165, 1.54) is 24.5 Å². The lowest BCUT2D eigenvalue weighted by molar-refractivity contribution is -0.384. The van der Waals surface area contributed by atoms with Crippen LogP contribution in [0, 0.1) is 17.0 Å². The predicted molar refractivity (Wildman–Crippen MR) is 107 cm³/mol. The summed E-state index contributed by atoms with van der Waals surface area (Å²) in [7, 11) is 0. The smallest absolute Gasteiger partial charge is 0.270 e. The highest BCUT2D eigenvalue weighted by Gasteiger charge is 2.15. The summed E-state index contributed by atoms with van der Waals surface area (Å²) in [4.78, 5) is 39.7. The van der Waals surface area contributed by atoms with Crippen molar-refractivity contribution >= 4 is 28.2 Å². The van der Waals surface area contributed by atoms with Gasteiger partial charge in [0.25, 0.3) is 11.2 Å². The van der Waals surface area contributed by atoms with E-state index in [4.69, 9.17) is 0 Å². The van der Waals surface area contributed by atoms with Crippen molar-refractivity contribution in [2.75, 3.05) is 5.32 Å². The maximum absolute atomic E-state index is 12.7. The molecular weight excluding hydrogens is 360 g/mol. The molecule has 0 bridgehead atoms. The number of carbonyl (C=O) groups excluding carboxylic acids is 1. The first kappa shape index (κ1) is 19.2. The first-order valence-electron chi connectivity index (χ1n) is 8.81. The van der Waals surface area contributed by atoms with E-state index >= 15 is 0 Å². The van der Waals surface area contributed by atoms with Crippen LogP contribution in [0.5, 0.6) is 0 Å². The first-order valence-corrected chi connectivity index (χ1v) is 8.81. The Balaban J connectivity index is 1.91. The third kappa shape index (κ3) is 3.75. The zero-order valence-electron chi connectivity index (χ0n) is 15.8. The number of rotatable bonds is 5. The molecule has 1 N–H and O–H groups in total. The summed E-state index contributed by atoms with van der Waals surface area (Å²) in [6, 6.07) is 9.68. The van der Waals surface area contributed by atoms with Crippen molar-refractivity contribution in [3.63, 3.8) is 0 Å². The van der Waals surface area contributed by atoms with E-state index in [1.807, 2.05) is 39.0 Å². The lowest BCUT2D eigenvalue weighted by Crippen LogP contribution is -2.28. The quantitative estimate of drug-likeness (QED) is 0.539. The molecule has 8 heteroatoms. The number of benzene rings is 2. The molecule has 0 aliphatic rings. The van der Waals surface area contributed by atoms with Crippen LogP contribution in [0.3, 0.4) is 0 Å². The zero-order chi connectivity index (χ0) is 20.4. The Morgan fingerprint density at radius 2 is 2.04 bits per heavy atom. The number of nitrogens with one attached hydrogen (secondary N) is 1. The Bertz CT molecular complexity index is 1130. The van der Waals surface area contributed by atoms with E-state index in [0.29, 0.717) is 5.52 Å². The Morgan fingerprint density at radius 1 is 1.29 bits per heavy atom. The molecule has 0 fully saturated rings. The molecule has 0 aliphatic carbocycles. The third-order valence-corrected chi connectivity index (χ3v) is 4.52. The van der Waals surface area contributed by atoms with Crippen LogP contribution in [0.4, 0.5) is 11.4 Å². The maximum Gasteiger partial charge on any atom is 0.270 e. The van der Waals surface area contributed by atoms with Crippen LogP contribution in [0.1, 0.15) is 30.9 Å². The molecule has 0 spiro atoms. The standard InChI is InChI=1S/C20H20N4O4/c1-12(2)15-6-4-5-13(3)19(15)22-18(25)10-23-11-21-17-8-7-14(24(27)28)9-16(17)20(23)26/h4-9,11-12H,10H2,1-3H3,(H,22,25). The summed E-state index contributed by atoms with van der Waals surface area (Å²) < 4.78 is 1.15. The zero-order valence-corrected chi connectivity index (χ0v) is 15.8.